The lowest BCUT2D eigenvalue weighted by molar-refractivity contribution is 0.262. The van der Waals surface area contributed by atoms with E-state index in [-0.39, 0.29) is 23.7 Å². The number of anilines is 2. The molecule has 2 rings (SSSR count). The lowest BCUT2D eigenvalue weighted by Crippen LogP contribution is -2.20. The van der Waals surface area contributed by atoms with E-state index in [9.17, 15) is 9.18 Å². The molecule has 0 radical (unpaired) electrons. The van der Waals surface area contributed by atoms with Crippen LogP contribution in [0.25, 0.3) is 0 Å². The van der Waals surface area contributed by atoms with E-state index >= 15 is 0 Å². The van der Waals surface area contributed by atoms with E-state index in [1.807, 2.05) is 0 Å². The van der Waals surface area contributed by atoms with Crippen LogP contribution in [-0.2, 0) is 6.42 Å². The van der Waals surface area contributed by atoms with Crippen molar-refractivity contribution in [1.82, 2.24) is 0 Å². The number of nitrogens with one attached hydrogen (secondary N) is 2. The van der Waals surface area contributed by atoms with Gasteiger partial charge in [0.05, 0.1) is 0 Å². The molecular weight excluding hydrogens is 366 g/mol. The minimum atomic E-state index is -0.621. The van der Waals surface area contributed by atoms with Crippen LogP contribution in [-0.4, -0.2) is 17.7 Å². The van der Waals surface area contributed by atoms with Crippen LogP contribution in [0.4, 0.5) is 20.6 Å². The zero-order valence-corrected chi connectivity index (χ0v) is 13.9. The molecule has 3 N–H and O–H groups in total. The highest BCUT2D eigenvalue weighted by atomic mass is 35.5. The molecule has 0 saturated carbocycles. The van der Waals surface area contributed by atoms with Crippen molar-refractivity contribution in [3.63, 3.8) is 0 Å². The van der Waals surface area contributed by atoms with Crippen LogP contribution in [0.5, 0.6) is 0 Å². The third-order valence-corrected chi connectivity index (χ3v) is 3.66. The van der Waals surface area contributed by atoms with Crippen molar-refractivity contribution in [1.29, 1.82) is 0 Å². The van der Waals surface area contributed by atoms with Gasteiger partial charge in [-0.1, -0.05) is 34.8 Å². The first-order valence-electron chi connectivity index (χ1n) is 6.52. The Labute approximate surface area is 147 Å². The molecule has 0 atom stereocenters. The number of hydrogen-bond acceptors (Lipinski definition) is 2. The van der Waals surface area contributed by atoms with E-state index in [0.717, 1.165) is 12.1 Å². The molecule has 2 aromatic rings. The Balaban J connectivity index is 2.19. The fraction of sp³-hybridized carbons (Fsp3) is 0.133. The Morgan fingerprint density at radius 1 is 1.04 bits per heavy atom. The number of aliphatic hydroxyl groups excluding tert-OH is 1. The molecule has 0 fully saturated rings. The van der Waals surface area contributed by atoms with Gasteiger partial charge >= 0.3 is 6.03 Å². The first kappa shape index (κ1) is 17.8. The molecule has 0 spiro atoms. The molecular formula is C15H12Cl3FN2O2. The van der Waals surface area contributed by atoms with Gasteiger partial charge in [0.15, 0.2) is 0 Å². The topological polar surface area (TPSA) is 61.4 Å². The SMILES string of the molecule is O=C(Nc1cc(F)cc(Cl)c1)Nc1cc(Cl)cc(Cl)c1CCO. The second kappa shape index (κ2) is 7.84. The minimum absolute atomic E-state index is 0.142. The standard InChI is InChI=1S/C15H12Cl3FN2O2/c16-8-3-10(19)7-11(4-8)20-15(23)21-14-6-9(17)5-13(18)12(14)1-2-22/h3-7,22H,1-2H2,(H2,20,21,23). The van der Waals surface area contributed by atoms with E-state index in [4.69, 9.17) is 39.9 Å². The van der Waals surface area contributed by atoms with Crippen molar-refractivity contribution >= 4 is 52.2 Å². The van der Waals surface area contributed by atoms with E-state index in [1.54, 1.807) is 0 Å². The molecule has 0 bridgehead atoms. The van der Waals surface area contributed by atoms with E-state index < -0.39 is 11.8 Å². The molecule has 0 heterocycles. The van der Waals surface area contributed by atoms with Crippen LogP contribution in [0.2, 0.25) is 15.1 Å². The minimum Gasteiger partial charge on any atom is -0.396 e. The van der Waals surface area contributed by atoms with Gasteiger partial charge in [-0.05, 0) is 42.3 Å². The van der Waals surface area contributed by atoms with Crippen LogP contribution in [0.1, 0.15) is 5.56 Å². The number of carbonyl (C=O) groups is 1. The molecule has 0 aliphatic rings. The summed E-state index contributed by atoms with van der Waals surface area (Å²) in [6, 6.07) is 6.07. The van der Waals surface area contributed by atoms with Crippen molar-refractivity contribution in [2.24, 2.45) is 0 Å². The Kier molecular flexibility index (Phi) is 6.07. The summed E-state index contributed by atoms with van der Waals surface area (Å²) in [7, 11) is 0. The van der Waals surface area contributed by atoms with Gasteiger partial charge in [-0.3, -0.25) is 0 Å². The number of amides is 2. The van der Waals surface area contributed by atoms with E-state index in [2.05, 4.69) is 10.6 Å². The maximum absolute atomic E-state index is 13.3. The van der Waals surface area contributed by atoms with Gasteiger partial charge in [-0.15, -0.1) is 0 Å². The summed E-state index contributed by atoms with van der Waals surface area (Å²) >= 11 is 17.7. The predicted molar refractivity (Wildman–Crippen MR) is 91.3 cm³/mol. The second-order valence-corrected chi connectivity index (χ2v) is 5.90. The van der Waals surface area contributed by atoms with Crippen LogP contribution in [0.15, 0.2) is 30.3 Å². The van der Waals surface area contributed by atoms with Crippen LogP contribution < -0.4 is 10.6 Å². The van der Waals surface area contributed by atoms with Gasteiger partial charge in [0.25, 0.3) is 0 Å². The molecule has 0 saturated heterocycles. The Bertz CT molecular complexity index is 721. The van der Waals surface area contributed by atoms with Gasteiger partial charge in [-0.25, -0.2) is 9.18 Å². The Morgan fingerprint density at radius 3 is 2.39 bits per heavy atom. The van der Waals surface area contributed by atoms with Crippen molar-refractivity contribution < 1.29 is 14.3 Å². The first-order chi connectivity index (χ1) is 10.9. The summed E-state index contributed by atoms with van der Waals surface area (Å²) in [4.78, 5) is 12.0. The fourth-order valence-corrected chi connectivity index (χ4v) is 2.80. The Hall–Kier alpha value is -1.53. The summed E-state index contributed by atoms with van der Waals surface area (Å²) in [6.45, 7) is -0.142. The summed E-state index contributed by atoms with van der Waals surface area (Å²) in [6.07, 6.45) is 0.247. The third-order valence-electron chi connectivity index (χ3n) is 2.89. The number of halogens is 4. The molecule has 23 heavy (non-hydrogen) atoms. The molecule has 0 unspecified atom stereocenters. The summed E-state index contributed by atoms with van der Waals surface area (Å²) in [5, 5.41) is 14.9. The second-order valence-electron chi connectivity index (χ2n) is 4.62. The molecule has 0 aliphatic heterocycles. The van der Waals surface area contributed by atoms with E-state index in [1.165, 1.54) is 18.2 Å². The largest absolute Gasteiger partial charge is 0.396 e. The monoisotopic (exact) mass is 376 g/mol. The van der Waals surface area contributed by atoms with Crippen LogP contribution in [0, 0.1) is 5.82 Å². The van der Waals surface area contributed by atoms with Gasteiger partial charge < -0.3 is 15.7 Å². The number of urea groups is 1. The molecule has 2 amide bonds. The summed E-state index contributed by atoms with van der Waals surface area (Å²) < 4.78 is 13.3. The number of hydrogen-bond donors (Lipinski definition) is 3. The lowest BCUT2D eigenvalue weighted by Gasteiger charge is -2.14. The molecule has 4 nitrogen and oxygen atoms in total. The average molecular weight is 378 g/mol. The van der Waals surface area contributed by atoms with Gasteiger partial charge in [0, 0.05) is 33.0 Å². The van der Waals surface area contributed by atoms with Gasteiger partial charge in [0.2, 0.25) is 0 Å². The maximum atomic E-state index is 13.3. The van der Waals surface area contributed by atoms with Gasteiger partial charge in [-0.2, -0.15) is 0 Å². The molecule has 2 aromatic carbocycles. The van der Waals surface area contributed by atoms with Crippen molar-refractivity contribution in [2.45, 2.75) is 6.42 Å². The number of rotatable bonds is 4. The summed E-state index contributed by atoms with van der Waals surface area (Å²) in [5.41, 5.74) is 1.10. The maximum Gasteiger partial charge on any atom is 0.323 e. The van der Waals surface area contributed by atoms with Crippen LogP contribution >= 0.6 is 34.8 Å². The highest BCUT2D eigenvalue weighted by Gasteiger charge is 2.12. The van der Waals surface area contributed by atoms with Gasteiger partial charge in [0.1, 0.15) is 5.82 Å². The smallest absolute Gasteiger partial charge is 0.323 e. The number of carbonyl (C=O) groups excluding carboxylic acids is 1. The highest BCUT2D eigenvalue weighted by Crippen LogP contribution is 2.30. The molecule has 0 aromatic heterocycles. The lowest BCUT2D eigenvalue weighted by atomic mass is 10.1. The molecule has 0 aliphatic carbocycles. The zero-order chi connectivity index (χ0) is 17.0. The Morgan fingerprint density at radius 2 is 1.74 bits per heavy atom. The third kappa shape index (κ3) is 4.97. The van der Waals surface area contributed by atoms with Crippen molar-refractivity contribution in [3.8, 4) is 0 Å². The number of benzene rings is 2. The predicted octanol–water partition coefficient (Wildman–Crippen LogP) is 4.96. The van der Waals surface area contributed by atoms with Crippen LogP contribution in [0.3, 0.4) is 0 Å². The molecule has 122 valence electrons. The zero-order valence-electron chi connectivity index (χ0n) is 11.7. The summed E-state index contributed by atoms with van der Waals surface area (Å²) in [5.74, 6) is -0.570. The van der Waals surface area contributed by atoms with Crippen molar-refractivity contribution in [3.05, 3.63) is 56.8 Å². The average Bonchev–Trinajstić information content (AvgIpc) is 2.41. The first-order valence-corrected chi connectivity index (χ1v) is 7.65. The van der Waals surface area contributed by atoms with Crippen molar-refractivity contribution in [2.75, 3.05) is 17.2 Å². The fourth-order valence-electron chi connectivity index (χ4n) is 1.99. The molecule has 8 heteroatoms. The quantitative estimate of drug-likeness (QED) is 0.705. The van der Waals surface area contributed by atoms with E-state index in [0.29, 0.717) is 21.3 Å². The normalized spacial score (nSPS) is 10.5. The highest BCUT2D eigenvalue weighted by molar-refractivity contribution is 6.35. The number of aliphatic hydroxyl groups is 1.